The van der Waals surface area contributed by atoms with Crippen molar-refractivity contribution in [1.82, 2.24) is 39.2 Å². The number of carbonyl (C=O) groups excluding carboxylic acids is 7. The first-order chi connectivity index (χ1) is 41.4. The van der Waals surface area contributed by atoms with Gasteiger partial charge in [0.1, 0.15) is 5.78 Å². The van der Waals surface area contributed by atoms with Crippen molar-refractivity contribution in [2.45, 2.75) is 311 Å². The number of allylic oxidation sites excluding steroid dienone is 1. The number of piperidine rings is 1. The van der Waals surface area contributed by atoms with E-state index in [0.29, 0.717) is 29.2 Å². The molecule has 532 valence electrons. The number of carbonyl (C=O) groups is 7. The van der Waals surface area contributed by atoms with Crippen LogP contribution in [-0.2, 0) is 33.6 Å². The minimum Gasteiger partial charge on any atom is -0.338 e. The van der Waals surface area contributed by atoms with Crippen LogP contribution in [0.15, 0.2) is 60.3 Å². The summed E-state index contributed by atoms with van der Waals surface area (Å²) in [5.74, 6) is 1.55. The first-order valence-electron chi connectivity index (χ1n) is 34.5. The second-order valence-electron chi connectivity index (χ2n) is 34.9. The van der Waals surface area contributed by atoms with Crippen LogP contribution in [0.25, 0.3) is 0 Å². The van der Waals surface area contributed by atoms with Gasteiger partial charge in [0.2, 0.25) is 35.4 Å². The molecule has 0 aliphatic carbocycles. The van der Waals surface area contributed by atoms with Gasteiger partial charge in [-0.15, -0.1) is 6.58 Å². The molecule has 0 saturated carbocycles. The molecule has 15 nitrogen and oxygen atoms in total. The summed E-state index contributed by atoms with van der Waals surface area (Å²) in [5, 5.41) is 0. The number of likely N-dealkylation sites (tertiary alicyclic amines) is 2. The molecule has 3 fully saturated rings. The summed E-state index contributed by atoms with van der Waals surface area (Å²) in [6.45, 7) is 76.1. The number of hydrogen-bond acceptors (Lipinski definition) is 9. The van der Waals surface area contributed by atoms with Gasteiger partial charge in [-0.05, 0) is 235 Å². The normalized spacial score (nSPS) is 18.7. The number of piperazine rings is 1. The molecule has 0 bridgehead atoms. The van der Waals surface area contributed by atoms with Crippen LogP contribution < -0.4 is 0 Å². The summed E-state index contributed by atoms with van der Waals surface area (Å²) < 4.78 is 0. The van der Waals surface area contributed by atoms with E-state index in [1.807, 2.05) is 94.4 Å². The van der Waals surface area contributed by atoms with Crippen LogP contribution >= 0.6 is 0 Å². The van der Waals surface area contributed by atoms with E-state index in [2.05, 4.69) is 190 Å². The molecule has 15 heteroatoms. The van der Waals surface area contributed by atoms with Crippen molar-refractivity contribution in [1.29, 1.82) is 0 Å². The molecule has 0 aromatic carbocycles. The van der Waals surface area contributed by atoms with Crippen LogP contribution in [0.1, 0.15) is 272 Å². The summed E-state index contributed by atoms with van der Waals surface area (Å²) >= 11 is 0. The summed E-state index contributed by atoms with van der Waals surface area (Å²) in [5.41, 5.74) is 2.71. The number of amides is 6. The van der Waals surface area contributed by atoms with Gasteiger partial charge in [-0.3, -0.25) is 33.7 Å². The summed E-state index contributed by atoms with van der Waals surface area (Å²) in [6, 6.07) is 0. The first kappa shape index (κ1) is 89.2. The maximum absolute atomic E-state index is 11.6. The lowest BCUT2D eigenvalue weighted by molar-refractivity contribution is -0.138. The zero-order chi connectivity index (χ0) is 72.4. The molecule has 0 N–H and O–H groups in total. The van der Waals surface area contributed by atoms with Gasteiger partial charge in [-0.2, -0.15) is 0 Å². The van der Waals surface area contributed by atoms with Gasteiger partial charge >= 0.3 is 0 Å². The molecule has 0 spiro atoms. The van der Waals surface area contributed by atoms with E-state index >= 15 is 0 Å². The SMILES string of the molecule is C=CCCC(C)(C)C.CC(=O)CC(C)(C)C.CC(C)(C)N1CC=CC1=O.CC(C)(C)N1CCC=CC1=O.CC(C)(C)N1CCCC1=O.CC(C)(C)N1CCCCC1=O.CC1=CCCN(C(C)(C)C)C1=O.CC1=CCN(C(C)(C)C)C1=O.CN1CCN(C(C)(C)C)CC1. The van der Waals surface area contributed by atoms with Crippen LogP contribution in [-0.4, -0.2) is 192 Å². The van der Waals surface area contributed by atoms with Gasteiger partial charge in [0.15, 0.2) is 0 Å². The second-order valence-corrected chi connectivity index (χ2v) is 34.9. The molecule has 92 heavy (non-hydrogen) atoms. The van der Waals surface area contributed by atoms with Crippen LogP contribution in [0.3, 0.4) is 0 Å². The quantitative estimate of drug-likeness (QED) is 0.252. The minimum atomic E-state index is -0.0364. The van der Waals surface area contributed by atoms with Crippen LogP contribution in [0.5, 0.6) is 0 Å². The van der Waals surface area contributed by atoms with Crippen LogP contribution in [0.4, 0.5) is 0 Å². The molecule has 0 radical (unpaired) electrons. The second kappa shape index (κ2) is 38.6. The number of likely N-dealkylation sites (N-methyl/N-ethyl adjacent to an activating group) is 1. The number of hydrogen-bond donors (Lipinski definition) is 0. The number of ketones is 1. The fraction of sp³-hybridized carbons (Fsp3) is 0.779. The first-order valence-corrected chi connectivity index (χ1v) is 34.5. The Morgan fingerprint density at radius 2 is 0.837 bits per heavy atom. The van der Waals surface area contributed by atoms with E-state index in [-0.39, 0.29) is 68.1 Å². The van der Waals surface area contributed by atoms with E-state index in [1.54, 1.807) is 19.1 Å². The Morgan fingerprint density at radius 1 is 0.435 bits per heavy atom. The van der Waals surface area contributed by atoms with E-state index in [4.69, 9.17) is 0 Å². The topological polar surface area (TPSA) is 145 Å². The standard InChI is InChI=1S/C10H17NO.C9H20N2.C9H15NO.C9H17NO.C9H15NO.C8H15NO.C8H13NO.C8H16.C7H14O/c1-8-6-5-7-11(9(8)12)10(2,3)4;1-9(2,3)11-7-5-10(4)6-8-11;1-7-5-6-10(8(7)11)9(2,3)4;2*1-9(2,3)10-7-5-4-6-8(10)11;2*1-8(2,3)9-6-4-5-7(9)10;1-5-6-7-8(2,3)4;1-6(8)5-7(2,3)4/h6H,5,7H2,1-4H3;5-8H2,1-4H3;5H,6H2,1-4H3;4-7H2,1-3H3;4,6H,5,7H2,1-3H3;4-6H2,1-3H3;4-5H,6H2,1-3H3;5H,1,6-7H2,2-4H3;5H2,1-4H3. The Bertz CT molecular complexity index is 2410. The van der Waals surface area contributed by atoms with Crippen molar-refractivity contribution >= 4 is 41.2 Å². The Morgan fingerprint density at radius 3 is 1.10 bits per heavy atom. The molecule has 7 rings (SSSR count). The highest BCUT2D eigenvalue weighted by Gasteiger charge is 2.33. The molecular weight excluding hydrogens is 1150 g/mol. The largest absolute Gasteiger partial charge is 0.338 e. The molecule has 0 atom stereocenters. The average molecular weight is 1290 g/mol. The predicted molar refractivity (Wildman–Crippen MR) is 389 cm³/mol. The highest BCUT2D eigenvalue weighted by molar-refractivity contribution is 5.96. The van der Waals surface area contributed by atoms with Crippen molar-refractivity contribution in [3.8, 4) is 0 Å². The molecule has 3 saturated heterocycles. The van der Waals surface area contributed by atoms with Crippen molar-refractivity contribution in [3.63, 3.8) is 0 Å². The van der Waals surface area contributed by atoms with Gasteiger partial charge < -0.3 is 39.1 Å². The number of Topliss-reactive ketones (excluding diaryl/α,β-unsaturated/α-hetero) is 1. The van der Waals surface area contributed by atoms with E-state index in [0.717, 1.165) is 95.4 Å². The molecule has 6 amide bonds. The fourth-order valence-electron chi connectivity index (χ4n) is 10.6. The highest BCUT2D eigenvalue weighted by Crippen LogP contribution is 2.26. The molecule has 7 aliphatic heterocycles. The van der Waals surface area contributed by atoms with Gasteiger partial charge in [0.05, 0.1) is 0 Å². The number of nitrogens with zero attached hydrogens (tertiary/aromatic N) is 8. The summed E-state index contributed by atoms with van der Waals surface area (Å²) in [4.78, 5) is 94.8. The monoisotopic (exact) mass is 1290 g/mol. The maximum atomic E-state index is 11.6. The lowest BCUT2D eigenvalue weighted by Crippen LogP contribution is -2.52. The molecule has 0 aromatic heterocycles. The lowest BCUT2D eigenvalue weighted by atomic mass is 9.91. The zero-order valence-corrected chi connectivity index (χ0v) is 65.3. The molecule has 7 aliphatic rings. The molecule has 0 aromatic rings. The Hall–Kier alpha value is -4.89. The Kier molecular flexibility index (Phi) is 37.4. The van der Waals surface area contributed by atoms with Gasteiger partial charge in [0, 0.05) is 141 Å². The zero-order valence-electron chi connectivity index (χ0n) is 65.3. The van der Waals surface area contributed by atoms with Gasteiger partial charge in [-0.1, -0.05) is 71.9 Å². The average Bonchev–Trinajstić information content (AvgIpc) is 1.30. The van der Waals surface area contributed by atoms with Gasteiger partial charge in [0.25, 0.3) is 0 Å². The molecule has 7 heterocycles. The summed E-state index contributed by atoms with van der Waals surface area (Å²) in [7, 11) is 2.19. The summed E-state index contributed by atoms with van der Waals surface area (Å²) in [6.07, 6.45) is 22.9. The predicted octanol–water partition coefficient (Wildman–Crippen LogP) is 15.5. The maximum Gasteiger partial charge on any atom is 0.249 e. The smallest absolute Gasteiger partial charge is 0.249 e. The van der Waals surface area contributed by atoms with Crippen molar-refractivity contribution in [2.75, 3.05) is 72.5 Å². The van der Waals surface area contributed by atoms with Gasteiger partial charge in [-0.25, -0.2) is 0 Å². The number of rotatable bonds is 3. The van der Waals surface area contributed by atoms with E-state index in [9.17, 15) is 33.6 Å². The third-order valence-corrected chi connectivity index (χ3v) is 16.0. The van der Waals surface area contributed by atoms with Crippen LogP contribution in [0.2, 0.25) is 0 Å². The molecule has 0 unspecified atom stereocenters. The van der Waals surface area contributed by atoms with Crippen molar-refractivity contribution in [3.05, 3.63) is 60.3 Å². The Labute approximate surface area is 565 Å². The van der Waals surface area contributed by atoms with Crippen molar-refractivity contribution in [2.24, 2.45) is 10.8 Å². The highest BCUT2D eigenvalue weighted by atomic mass is 16.2. The fourth-order valence-corrected chi connectivity index (χ4v) is 10.6. The van der Waals surface area contributed by atoms with E-state index < -0.39 is 0 Å². The minimum absolute atomic E-state index is 0.0253. The third-order valence-electron chi connectivity index (χ3n) is 16.0. The Balaban J connectivity index is 0. The lowest BCUT2D eigenvalue weighted by Gasteiger charge is -2.41. The molecular formula is C77H142N8O7. The van der Waals surface area contributed by atoms with Crippen molar-refractivity contribution < 1.29 is 33.6 Å². The van der Waals surface area contributed by atoms with E-state index in [1.165, 1.54) is 39.0 Å². The van der Waals surface area contributed by atoms with Crippen LogP contribution in [0, 0.1) is 10.8 Å². The third kappa shape index (κ3) is 37.9.